The third kappa shape index (κ3) is 39.4. The number of aliphatic hydroxyl groups excluding tert-OH is 1. The number of esters is 2. The molecule has 50 heavy (non-hydrogen) atoms. The summed E-state index contributed by atoms with van der Waals surface area (Å²) in [5.74, 6) is -0.578. The number of ether oxygens (including phenoxy) is 2. The van der Waals surface area contributed by atoms with Crippen LogP contribution in [0.2, 0.25) is 0 Å². The Bertz CT molecular complexity index is 720. The third-order valence-electron chi connectivity index (χ3n) is 10.1. The van der Waals surface area contributed by atoms with E-state index in [1.807, 2.05) is 0 Å². The van der Waals surface area contributed by atoms with E-state index in [0.29, 0.717) is 12.8 Å². The van der Waals surface area contributed by atoms with Gasteiger partial charge in [-0.1, -0.05) is 206 Å². The van der Waals surface area contributed by atoms with Crippen LogP contribution < -0.4 is 0 Å². The second-order valence-corrected chi connectivity index (χ2v) is 15.1. The number of hydrogen-bond acceptors (Lipinski definition) is 5. The number of rotatable bonds is 41. The van der Waals surface area contributed by atoms with Crippen molar-refractivity contribution in [2.24, 2.45) is 0 Å². The van der Waals surface area contributed by atoms with E-state index in [9.17, 15) is 14.7 Å². The van der Waals surface area contributed by atoms with Crippen LogP contribution in [0, 0.1) is 0 Å². The topological polar surface area (TPSA) is 72.8 Å². The number of carbonyl (C=O) groups is 2. The summed E-state index contributed by atoms with van der Waals surface area (Å²) in [5, 5.41) is 9.58. The fourth-order valence-corrected chi connectivity index (χ4v) is 6.67. The molecule has 0 aliphatic rings. The van der Waals surface area contributed by atoms with Crippen molar-refractivity contribution < 1.29 is 24.2 Å². The van der Waals surface area contributed by atoms with E-state index in [0.717, 1.165) is 38.5 Å². The maximum atomic E-state index is 12.2. The van der Waals surface area contributed by atoms with Gasteiger partial charge in [0.05, 0.1) is 6.61 Å². The average Bonchev–Trinajstić information content (AvgIpc) is 3.12. The van der Waals surface area contributed by atoms with Crippen molar-refractivity contribution in [1.82, 2.24) is 0 Å². The van der Waals surface area contributed by atoms with Crippen LogP contribution in [0.3, 0.4) is 0 Å². The van der Waals surface area contributed by atoms with Crippen molar-refractivity contribution in [2.75, 3.05) is 13.2 Å². The Morgan fingerprint density at radius 3 is 1.08 bits per heavy atom. The van der Waals surface area contributed by atoms with Crippen molar-refractivity contribution in [3.8, 4) is 0 Å². The second kappa shape index (κ2) is 42.1. The highest BCUT2D eigenvalue weighted by atomic mass is 16.6. The molecule has 0 amide bonds. The molecule has 5 nitrogen and oxygen atoms in total. The molecule has 1 atom stereocenters. The Morgan fingerprint density at radius 1 is 0.440 bits per heavy atom. The first kappa shape index (κ1) is 48.6. The largest absolute Gasteiger partial charge is 0.462 e. The molecule has 0 saturated heterocycles. The van der Waals surface area contributed by atoms with Crippen LogP contribution in [0.5, 0.6) is 0 Å². The SMILES string of the molecule is CCCCCCCC/C=C\CCCCCCCCCCCC(=O)OC[C@H](CO)OC(=O)CCCCCCCCCCCCCCCCCCC. The molecule has 0 aliphatic carbocycles. The summed E-state index contributed by atoms with van der Waals surface area (Å²) < 4.78 is 10.6. The van der Waals surface area contributed by atoms with E-state index >= 15 is 0 Å². The summed E-state index contributed by atoms with van der Waals surface area (Å²) in [5.41, 5.74) is 0. The Kier molecular flexibility index (Phi) is 40.9. The summed E-state index contributed by atoms with van der Waals surface area (Å²) in [7, 11) is 0. The van der Waals surface area contributed by atoms with Gasteiger partial charge in [-0.2, -0.15) is 0 Å². The van der Waals surface area contributed by atoms with E-state index in [2.05, 4.69) is 26.0 Å². The Labute approximate surface area is 311 Å². The minimum absolute atomic E-state index is 0.0605. The van der Waals surface area contributed by atoms with Gasteiger partial charge in [-0.15, -0.1) is 0 Å². The average molecular weight is 707 g/mol. The first-order valence-electron chi connectivity index (χ1n) is 22.2. The van der Waals surface area contributed by atoms with Gasteiger partial charge in [0.1, 0.15) is 6.61 Å². The molecule has 0 aromatic heterocycles. The van der Waals surface area contributed by atoms with Crippen molar-refractivity contribution in [2.45, 2.75) is 251 Å². The third-order valence-corrected chi connectivity index (χ3v) is 10.1. The van der Waals surface area contributed by atoms with E-state index < -0.39 is 6.10 Å². The lowest BCUT2D eigenvalue weighted by Crippen LogP contribution is -2.28. The molecule has 0 saturated carbocycles. The van der Waals surface area contributed by atoms with Crippen LogP contribution in [-0.4, -0.2) is 36.4 Å². The molecule has 0 fully saturated rings. The van der Waals surface area contributed by atoms with Gasteiger partial charge in [0.25, 0.3) is 0 Å². The van der Waals surface area contributed by atoms with Crippen molar-refractivity contribution in [3.63, 3.8) is 0 Å². The maximum Gasteiger partial charge on any atom is 0.306 e. The molecule has 0 heterocycles. The van der Waals surface area contributed by atoms with E-state index in [1.54, 1.807) is 0 Å². The van der Waals surface area contributed by atoms with Gasteiger partial charge in [-0.05, 0) is 38.5 Å². The highest BCUT2D eigenvalue weighted by Crippen LogP contribution is 2.16. The van der Waals surface area contributed by atoms with E-state index in [4.69, 9.17) is 9.47 Å². The lowest BCUT2D eigenvalue weighted by atomic mass is 10.0. The van der Waals surface area contributed by atoms with Crippen LogP contribution >= 0.6 is 0 Å². The minimum atomic E-state index is -0.765. The first-order chi connectivity index (χ1) is 24.6. The highest BCUT2D eigenvalue weighted by molar-refractivity contribution is 5.70. The summed E-state index contributed by atoms with van der Waals surface area (Å²) in [6.07, 6.45) is 48.5. The van der Waals surface area contributed by atoms with Crippen LogP contribution in [0.25, 0.3) is 0 Å². The molecule has 0 spiro atoms. The zero-order chi connectivity index (χ0) is 36.4. The monoisotopic (exact) mass is 707 g/mol. The standard InChI is InChI=1S/C45H86O5/c1-3-5-7-9-11-13-15-17-19-21-22-24-25-27-29-31-33-35-37-39-44(47)49-42-43(41-46)50-45(48)40-38-36-34-32-30-28-26-23-20-18-16-14-12-10-8-6-4-2/h17,19,43,46H,3-16,18,20-42H2,1-2H3/b19-17-/t43-/m0/s1. The zero-order valence-corrected chi connectivity index (χ0v) is 33.7. The number of allylic oxidation sites excluding steroid dienone is 2. The number of carbonyl (C=O) groups excluding carboxylic acids is 2. The molecule has 0 aromatic carbocycles. The van der Waals surface area contributed by atoms with Gasteiger partial charge >= 0.3 is 11.9 Å². The van der Waals surface area contributed by atoms with E-state index in [1.165, 1.54) is 180 Å². The van der Waals surface area contributed by atoms with Crippen molar-refractivity contribution in [1.29, 1.82) is 0 Å². The molecule has 0 rings (SSSR count). The zero-order valence-electron chi connectivity index (χ0n) is 33.7. The van der Waals surface area contributed by atoms with Gasteiger partial charge in [0, 0.05) is 12.8 Å². The Hall–Kier alpha value is -1.36. The van der Waals surface area contributed by atoms with Gasteiger partial charge < -0.3 is 14.6 Å². The summed E-state index contributed by atoms with van der Waals surface area (Å²) in [6, 6.07) is 0. The minimum Gasteiger partial charge on any atom is -0.462 e. The van der Waals surface area contributed by atoms with Crippen molar-refractivity contribution in [3.05, 3.63) is 12.2 Å². The smallest absolute Gasteiger partial charge is 0.306 e. The molecule has 0 bridgehead atoms. The van der Waals surface area contributed by atoms with Gasteiger partial charge in [0.15, 0.2) is 6.10 Å². The van der Waals surface area contributed by atoms with Gasteiger partial charge in [-0.3, -0.25) is 9.59 Å². The fourth-order valence-electron chi connectivity index (χ4n) is 6.67. The number of hydrogen-bond donors (Lipinski definition) is 1. The van der Waals surface area contributed by atoms with E-state index in [-0.39, 0.29) is 25.2 Å². The molecule has 0 aromatic rings. The first-order valence-corrected chi connectivity index (χ1v) is 22.2. The molecular formula is C45H86O5. The van der Waals surface area contributed by atoms with Crippen LogP contribution in [0.4, 0.5) is 0 Å². The highest BCUT2D eigenvalue weighted by Gasteiger charge is 2.16. The Morgan fingerprint density at radius 2 is 0.740 bits per heavy atom. The van der Waals surface area contributed by atoms with Gasteiger partial charge in [-0.25, -0.2) is 0 Å². The number of unbranched alkanes of at least 4 members (excludes halogenated alkanes) is 31. The van der Waals surface area contributed by atoms with Gasteiger partial charge in [0.2, 0.25) is 0 Å². The van der Waals surface area contributed by atoms with Crippen LogP contribution in [0.15, 0.2) is 12.2 Å². The van der Waals surface area contributed by atoms with Crippen molar-refractivity contribution >= 4 is 11.9 Å². The fraction of sp³-hybridized carbons (Fsp3) is 0.911. The molecule has 1 N–H and O–H groups in total. The quantitative estimate of drug-likeness (QED) is 0.0389. The summed E-state index contributed by atoms with van der Waals surface area (Å²) >= 11 is 0. The van der Waals surface area contributed by atoms with Crippen LogP contribution in [0.1, 0.15) is 245 Å². The van der Waals surface area contributed by atoms with Crippen LogP contribution in [-0.2, 0) is 19.1 Å². The lowest BCUT2D eigenvalue weighted by Gasteiger charge is -2.15. The Balaban J connectivity index is 3.48. The molecule has 0 aliphatic heterocycles. The summed E-state index contributed by atoms with van der Waals surface area (Å²) in [6.45, 7) is 4.16. The molecule has 0 radical (unpaired) electrons. The predicted octanol–water partition coefficient (Wildman–Crippen LogP) is 14.1. The molecular weight excluding hydrogens is 620 g/mol. The predicted molar refractivity (Wildman–Crippen MR) is 215 cm³/mol. The maximum absolute atomic E-state index is 12.2. The summed E-state index contributed by atoms with van der Waals surface area (Å²) in [4.78, 5) is 24.3. The number of aliphatic hydroxyl groups is 1. The molecule has 296 valence electrons. The molecule has 0 unspecified atom stereocenters. The normalized spacial score (nSPS) is 12.1. The molecule has 5 heteroatoms. The lowest BCUT2D eigenvalue weighted by molar-refractivity contribution is -0.161. The second-order valence-electron chi connectivity index (χ2n) is 15.1.